The molecule has 0 atom stereocenters. The van der Waals surface area contributed by atoms with Crippen LogP contribution in [0.3, 0.4) is 0 Å². The quantitative estimate of drug-likeness (QED) is 0.906. The van der Waals surface area contributed by atoms with Crippen molar-refractivity contribution in [2.24, 2.45) is 0 Å². The molecule has 1 saturated heterocycles. The maximum absolute atomic E-state index is 13.1. The average Bonchev–Trinajstić information content (AvgIpc) is 2.47. The standard InChI is InChI=1S/C14H17FN2O2/c1-18-14(4-6-19-7-5-14)10-17-13-3-2-12(15)8-11(13)9-16/h2-3,8,17H,4-7,10H2,1H3. The fourth-order valence-electron chi connectivity index (χ4n) is 2.22. The van der Waals surface area contributed by atoms with E-state index in [-0.39, 0.29) is 5.60 Å². The second-order valence-electron chi connectivity index (χ2n) is 4.65. The number of nitrogens with one attached hydrogen (secondary N) is 1. The van der Waals surface area contributed by atoms with E-state index >= 15 is 0 Å². The third-order valence-electron chi connectivity index (χ3n) is 3.54. The van der Waals surface area contributed by atoms with Gasteiger partial charge in [0, 0.05) is 39.7 Å². The lowest BCUT2D eigenvalue weighted by Gasteiger charge is -2.36. The summed E-state index contributed by atoms with van der Waals surface area (Å²) in [4.78, 5) is 0. The fraction of sp³-hybridized carbons (Fsp3) is 0.500. The highest BCUT2D eigenvalue weighted by molar-refractivity contribution is 5.57. The lowest BCUT2D eigenvalue weighted by molar-refractivity contribution is -0.0807. The molecular formula is C14H17FN2O2. The molecule has 102 valence electrons. The third kappa shape index (κ3) is 3.22. The summed E-state index contributed by atoms with van der Waals surface area (Å²) in [5.74, 6) is -0.408. The van der Waals surface area contributed by atoms with Gasteiger partial charge in [0.2, 0.25) is 0 Å². The molecule has 1 heterocycles. The van der Waals surface area contributed by atoms with Crippen molar-refractivity contribution in [2.75, 3.05) is 32.2 Å². The Bertz CT molecular complexity index is 479. The Balaban J connectivity index is 2.07. The van der Waals surface area contributed by atoms with E-state index in [4.69, 9.17) is 14.7 Å². The van der Waals surface area contributed by atoms with Gasteiger partial charge >= 0.3 is 0 Å². The Labute approximate surface area is 112 Å². The number of nitrogens with zero attached hydrogens (tertiary/aromatic N) is 1. The smallest absolute Gasteiger partial charge is 0.124 e. The largest absolute Gasteiger partial charge is 0.381 e. The zero-order valence-electron chi connectivity index (χ0n) is 10.9. The molecule has 0 unspecified atom stereocenters. The first-order valence-electron chi connectivity index (χ1n) is 6.25. The van der Waals surface area contributed by atoms with Crippen molar-refractivity contribution in [2.45, 2.75) is 18.4 Å². The van der Waals surface area contributed by atoms with Crippen LogP contribution in [-0.2, 0) is 9.47 Å². The fourth-order valence-corrected chi connectivity index (χ4v) is 2.22. The molecule has 1 aromatic carbocycles. The monoisotopic (exact) mass is 264 g/mol. The van der Waals surface area contributed by atoms with Crippen LogP contribution in [-0.4, -0.2) is 32.5 Å². The first-order chi connectivity index (χ1) is 9.19. The number of rotatable bonds is 4. The number of nitriles is 1. The molecule has 0 radical (unpaired) electrons. The zero-order valence-corrected chi connectivity index (χ0v) is 10.9. The molecule has 1 aliphatic rings. The van der Waals surface area contributed by atoms with Crippen molar-refractivity contribution in [3.63, 3.8) is 0 Å². The highest BCUT2D eigenvalue weighted by atomic mass is 19.1. The Morgan fingerprint density at radius 3 is 2.84 bits per heavy atom. The number of methoxy groups -OCH3 is 1. The summed E-state index contributed by atoms with van der Waals surface area (Å²) in [5.41, 5.74) is 0.657. The van der Waals surface area contributed by atoms with Crippen LogP contribution < -0.4 is 5.32 Å². The molecule has 0 saturated carbocycles. The van der Waals surface area contributed by atoms with Gasteiger partial charge in [0.05, 0.1) is 16.9 Å². The minimum absolute atomic E-state index is 0.278. The van der Waals surface area contributed by atoms with Crippen molar-refractivity contribution in [1.29, 1.82) is 5.26 Å². The van der Waals surface area contributed by atoms with Crippen LogP contribution in [0.1, 0.15) is 18.4 Å². The number of hydrogen-bond acceptors (Lipinski definition) is 4. The number of halogens is 1. The molecule has 1 fully saturated rings. The molecule has 0 spiro atoms. The van der Waals surface area contributed by atoms with Crippen LogP contribution in [0.4, 0.5) is 10.1 Å². The summed E-state index contributed by atoms with van der Waals surface area (Å²) in [5, 5.41) is 12.2. The number of hydrogen-bond donors (Lipinski definition) is 1. The Kier molecular flexibility index (Phi) is 4.35. The zero-order chi connectivity index (χ0) is 13.7. The van der Waals surface area contributed by atoms with Crippen LogP contribution in [0.15, 0.2) is 18.2 Å². The number of benzene rings is 1. The number of anilines is 1. The Hall–Kier alpha value is -1.64. The van der Waals surface area contributed by atoms with Gasteiger partial charge in [-0.15, -0.1) is 0 Å². The Morgan fingerprint density at radius 1 is 1.47 bits per heavy atom. The number of ether oxygens (including phenoxy) is 2. The van der Waals surface area contributed by atoms with Crippen LogP contribution in [0.25, 0.3) is 0 Å². The molecule has 2 rings (SSSR count). The molecule has 0 aromatic heterocycles. The van der Waals surface area contributed by atoms with Crippen molar-refractivity contribution < 1.29 is 13.9 Å². The molecule has 1 aliphatic heterocycles. The van der Waals surface area contributed by atoms with Crippen molar-refractivity contribution >= 4 is 5.69 Å². The van der Waals surface area contributed by atoms with Gasteiger partial charge in [-0.2, -0.15) is 5.26 Å². The molecule has 0 aliphatic carbocycles. The average molecular weight is 264 g/mol. The Morgan fingerprint density at radius 2 is 2.21 bits per heavy atom. The lowest BCUT2D eigenvalue weighted by atomic mass is 9.94. The van der Waals surface area contributed by atoms with Crippen LogP contribution in [0.2, 0.25) is 0 Å². The molecule has 1 aromatic rings. The molecular weight excluding hydrogens is 247 g/mol. The summed E-state index contributed by atoms with van der Waals surface area (Å²) in [6, 6.07) is 6.13. The van der Waals surface area contributed by atoms with E-state index in [1.165, 1.54) is 12.1 Å². The molecule has 0 amide bonds. The van der Waals surface area contributed by atoms with E-state index in [0.29, 0.717) is 31.0 Å². The van der Waals surface area contributed by atoms with Crippen LogP contribution in [0, 0.1) is 17.1 Å². The first kappa shape index (κ1) is 13.8. The first-order valence-corrected chi connectivity index (χ1v) is 6.25. The van der Waals surface area contributed by atoms with E-state index in [0.717, 1.165) is 12.8 Å². The summed E-state index contributed by atoms with van der Waals surface area (Å²) < 4.78 is 24.0. The molecule has 5 heteroatoms. The second kappa shape index (κ2) is 6.00. The topological polar surface area (TPSA) is 54.3 Å². The van der Waals surface area contributed by atoms with Gasteiger partial charge in [-0.3, -0.25) is 0 Å². The minimum atomic E-state index is -0.408. The maximum atomic E-state index is 13.1. The normalized spacial score (nSPS) is 17.7. The van der Waals surface area contributed by atoms with E-state index < -0.39 is 5.82 Å². The van der Waals surface area contributed by atoms with Gasteiger partial charge in [0.1, 0.15) is 11.9 Å². The maximum Gasteiger partial charge on any atom is 0.124 e. The molecule has 19 heavy (non-hydrogen) atoms. The van der Waals surface area contributed by atoms with Crippen molar-refractivity contribution in [3.8, 4) is 6.07 Å². The SMILES string of the molecule is COC1(CNc2ccc(F)cc2C#N)CCOCC1. The van der Waals surface area contributed by atoms with E-state index in [1.54, 1.807) is 13.2 Å². The van der Waals surface area contributed by atoms with E-state index in [9.17, 15) is 4.39 Å². The second-order valence-corrected chi connectivity index (χ2v) is 4.65. The van der Waals surface area contributed by atoms with Crippen molar-refractivity contribution in [3.05, 3.63) is 29.6 Å². The van der Waals surface area contributed by atoms with E-state index in [2.05, 4.69) is 5.32 Å². The summed E-state index contributed by atoms with van der Waals surface area (Å²) in [6.45, 7) is 1.92. The van der Waals surface area contributed by atoms with E-state index in [1.807, 2.05) is 6.07 Å². The van der Waals surface area contributed by atoms with Crippen molar-refractivity contribution in [1.82, 2.24) is 0 Å². The van der Waals surface area contributed by atoms with Gasteiger partial charge in [-0.1, -0.05) is 0 Å². The van der Waals surface area contributed by atoms with Gasteiger partial charge in [-0.25, -0.2) is 4.39 Å². The van der Waals surface area contributed by atoms with Crippen LogP contribution in [0.5, 0.6) is 0 Å². The predicted molar refractivity (Wildman–Crippen MR) is 69.4 cm³/mol. The van der Waals surface area contributed by atoms with Gasteiger partial charge in [0.25, 0.3) is 0 Å². The summed E-state index contributed by atoms with van der Waals surface area (Å²) in [6.07, 6.45) is 1.61. The van der Waals surface area contributed by atoms with Crippen LogP contribution >= 0.6 is 0 Å². The highest BCUT2D eigenvalue weighted by Crippen LogP contribution is 2.26. The van der Waals surface area contributed by atoms with Gasteiger partial charge in [-0.05, 0) is 18.2 Å². The molecule has 0 bridgehead atoms. The molecule has 1 N–H and O–H groups in total. The predicted octanol–water partition coefficient (Wildman–Crippen LogP) is 2.30. The summed E-state index contributed by atoms with van der Waals surface area (Å²) >= 11 is 0. The minimum Gasteiger partial charge on any atom is -0.381 e. The van der Waals surface area contributed by atoms with Gasteiger partial charge in [0.15, 0.2) is 0 Å². The molecule has 4 nitrogen and oxygen atoms in total. The summed E-state index contributed by atoms with van der Waals surface area (Å²) in [7, 11) is 1.68. The lowest BCUT2D eigenvalue weighted by Crippen LogP contribution is -2.44. The third-order valence-corrected chi connectivity index (χ3v) is 3.54. The van der Waals surface area contributed by atoms with Gasteiger partial charge < -0.3 is 14.8 Å². The highest BCUT2D eigenvalue weighted by Gasteiger charge is 2.32.